The van der Waals surface area contributed by atoms with E-state index in [0.29, 0.717) is 22.5 Å². The van der Waals surface area contributed by atoms with Gasteiger partial charge in [0.1, 0.15) is 11.5 Å². The smallest absolute Gasteiger partial charge is 0.336 e. The van der Waals surface area contributed by atoms with Crippen molar-refractivity contribution in [1.82, 2.24) is 9.97 Å². The first-order valence-electron chi connectivity index (χ1n) is 11.3. The number of rotatable bonds is 4. The molecule has 0 saturated carbocycles. The first-order valence-corrected chi connectivity index (χ1v) is 11.3. The number of hydrogen-bond acceptors (Lipinski definition) is 6. The average molecular weight is 470 g/mol. The molecule has 0 saturated heterocycles. The van der Waals surface area contributed by atoms with E-state index in [1.54, 1.807) is 36.7 Å². The lowest BCUT2D eigenvalue weighted by molar-refractivity contribution is -0.131. The Hall–Kier alpha value is -5.10. The second-order valence-corrected chi connectivity index (χ2v) is 8.17. The number of carbonyl (C=O) groups excluding carboxylic acids is 2. The summed E-state index contributed by atoms with van der Waals surface area (Å²) < 4.78 is 11.2. The van der Waals surface area contributed by atoms with Crippen LogP contribution >= 0.6 is 0 Å². The van der Waals surface area contributed by atoms with Crippen LogP contribution in [0.5, 0.6) is 11.5 Å². The molecule has 0 aliphatic heterocycles. The maximum Gasteiger partial charge on any atom is 0.336 e. The molecule has 4 aromatic carbocycles. The third kappa shape index (κ3) is 3.91. The minimum atomic E-state index is -0.697. The Balaban J connectivity index is 1.26. The van der Waals surface area contributed by atoms with Gasteiger partial charge >= 0.3 is 11.9 Å². The number of fused-ring (bicyclic) bond motifs is 6. The molecule has 0 spiro atoms. The lowest BCUT2D eigenvalue weighted by Gasteiger charge is -2.09. The lowest BCUT2D eigenvalue weighted by Crippen LogP contribution is -2.09. The Labute approximate surface area is 205 Å². The molecule has 6 heteroatoms. The van der Waals surface area contributed by atoms with Gasteiger partial charge in [0.15, 0.2) is 0 Å². The van der Waals surface area contributed by atoms with Crippen molar-refractivity contribution in [2.45, 2.75) is 0 Å². The first kappa shape index (κ1) is 21.4. The predicted molar refractivity (Wildman–Crippen MR) is 139 cm³/mol. The van der Waals surface area contributed by atoms with E-state index in [0.717, 1.165) is 44.5 Å². The van der Waals surface area contributed by atoms with E-state index in [1.807, 2.05) is 60.7 Å². The molecule has 0 fully saturated rings. The number of ether oxygens (including phenoxy) is 2. The highest BCUT2D eigenvalue weighted by Gasteiger charge is 2.13. The Bertz CT molecular complexity index is 1710. The van der Waals surface area contributed by atoms with E-state index < -0.39 is 11.9 Å². The fourth-order valence-corrected chi connectivity index (χ4v) is 4.34. The number of carbonyl (C=O) groups is 2. The maximum atomic E-state index is 12.6. The molecule has 0 bridgehead atoms. The van der Waals surface area contributed by atoms with Crippen LogP contribution in [0.25, 0.3) is 43.4 Å². The minimum absolute atomic E-state index is 0.367. The summed E-state index contributed by atoms with van der Waals surface area (Å²) in [6.07, 6.45) is 5.68. The number of pyridine rings is 2. The summed E-state index contributed by atoms with van der Waals surface area (Å²) in [5, 5.41) is 5.18. The van der Waals surface area contributed by atoms with Gasteiger partial charge in [0, 0.05) is 35.3 Å². The monoisotopic (exact) mass is 470 g/mol. The third-order valence-electron chi connectivity index (χ3n) is 5.93. The van der Waals surface area contributed by atoms with Gasteiger partial charge < -0.3 is 9.47 Å². The van der Waals surface area contributed by atoms with Gasteiger partial charge in [0.2, 0.25) is 0 Å². The van der Waals surface area contributed by atoms with E-state index in [2.05, 4.69) is 9.97 Å². The molecule has 0 aliphatic rings. The van der Waals surface area contributed by atoms with Crippen molar-refractivity contribution in [2.75, 3.05) is 0 Å². The van der Waals surface area contributed by atoms with Gasteiger partial charge in [-0.15, -0.1) is 0 Å². The number of hydrogen-bond donors (Lipinski definition) is 0. The second kappa shape index (κ2) is 8.92. The van der Waals surface area contributed by atoms with Crippen LogP contribution in [0.3, 0.4) is 0 Å². The Morgan fingerprint density at radius 1 is 0.556 bits per heavy atom. The Kier molecular flexibility index (Phi) is 5.31. The molecule has 6 rings (SSSR count). The molecule has 0 N–H and O–H groups in total. The minimum Gasteiger partial charge on any atom is -0.423 e. The zero-order valence-electron chi connectivity index (χ0n) is 18.9. The largest absolute Gasteiger partial charge is 0.423 e. The fraction of sp³-hybridized carbons (Fsp3) is 0. The quantitative estimate of drug-likeness (QED) is 0.133. The second-order valence-electron chi connectivity index (χ2n) is 8.17. The molecule has 0 amide bonds. The third-order valence-corrected chi connectivity index (χ3v) is 5.93. The average Bonchev–Trinajstić information content (AvgIpc) is 2.92. The molecular weight excluding hydrogens is 452 g/mol. The summed E-state index contributed by atoms with van der Waals surface area (Å²) in [4.78, 5) is 34.1. The molecule has 6 aromatic rings. The van der Waals surface area contributed by atoms with E-state index in [1.165, 1.54) is 0 Å². The highest BCUT2D eigenvalue weighted by molar-refractivity contribution is 6.10. The predicted octanol–water partition coefficient (Wildman–Crippen LogP) is 6.16. The van der Waals surface area contributed by atoms with Crippen molar-refractivity contribution in [3.8, 4) is 11.5 Å². The lowest BCUT2D eigenvalue weighted by atomic mass is 10.1. The summed E-state index contributed by atoms with van der Waals surface area (Å²) >= 11 is 0. The number of benzene rings is 4. The molecule has 2 aromatic heterocycles. The van der Waals surface area contributed by atoms with Crippen LogP contribution in [0.15, 0.2) is 109 Å². The summed E-state index contributed by atoms with van der Waals surface area (Å²) in [6, 6.07) is 26.1. The molecule has 0 radical (unpaired) electrons. The first-order chi connectivity index (χ1) is 17.7. The number of nitrogens with zero attached hydrogens (tertiary/aromatic N) is 2. The topological polar surface area (TPSA) is 78.4 Å². The van der Waals surface area contributed by atoms with Crippen molar-refractivity contribution >= 4 is 55.3 Å². The van der Waals surface area contributed by atoms with Crippen LogP contribution in [0.1, 0.15) is 0 Å². The molecule has 36 heavy (non-hydrogen) atoms. The van der Waals surface area contributed by atoms with Crippen molar-refractivity contribution in [3.05, 3.63) is 109 Å². The summed E-state index contributed by atoms with van der Waals surface area (Å²) in [5.74, 6) is -0.660. The van der Waals surface area contributed by atoms with Crippen LogP contribution < -0.4 is 9.47 Å². The van der Waals surface area contributed by atoms with Gasteiger partial charge in [0.05, 0.1) is 21.8 Å². The van der Waals surface area contributed by atoms with Crippen LogP contribution in [-0.2, 0) is 9.59 Å². The zero-order chi connectivity index (χ0) is 24.5. The van der Waals surface area contributed by atoms with Gasteiger partial charge in [-0.05, 0) is 35.0 Å². The van der Waals surface area contributed by atoms with E-state index in [-0.39, 0.29) is 0 Å². The van der Waals surface area contributed by atoms with Crippen LogP contribution in [0.4, 0.5) is 0 Å². The molecule has 2 heterocycles. The normalized spacial score (nSPS) is 11.4. The molecular formula is C30H18N2O4. The van der Waals surface area contributed by atoms with Crippen molar-refractivity contribution < 1.29 is 19.1 Å². The standard InChI is InChI=1S/C30H18N2O4/c33-27(35-25-13-5-11-23-29(25)21-9-3-1-7-19(21)17-31-23)15-16-28(34)36-26-14-6-12-24-30(26)22-10-4-2-8-20(22)18-32-24/h1-18H/b16-15+. The summed E-state index contributed by atoms with van der Waals surface area (Å²) in [6.45, 7) is 0. The molecule has 0 aliphatic carbocycles. The van der Waals surface area contributed by atoms with E-state index >= 15 is 0 Å². The van der Waals surface area contributed by atoms with Gasteiger partial charge in [-0.2, -0.15) is 0 Å². The van der Waals surface area contributed by atoms with Gasteiger partial charge in [-0.1, -0.05) is 60.7 Å². The van der Waals surface area contributed by atoms with E-state index in [4.69, 9.17) is 9.47 Å². The van der Waals surface area contributed by atoms with Crippen molar-refractivity contribution in [1.29, 1.82) is 0 Å². The van der Waals surface area contributed by atoms with Crippen LogP contribution in [0, 0.1) is 0 Å². The molecule has 0 unspecified atom stereocenters. The zero-order valence-corrected chi connectivity index (χ0v) is 18.9. The Morgan fingerprint density at radius 3 is 1.47 bits per heavy atom. The van der Waals surface area contributed by atoms with Crippen LogP contribution in [0.2, 0.25) is 0 Å². The highest BCUT2D eigenvalue weighted by atomic mass is 16.5. The van der Waals surface area contributed by atoms with E-state index in [9.17, 15) is 9.59 Å². The van der Waals surface area contributed by atoms with Gasteiger partial charge in [0.25, 0.3) is 0 Å². The molecule has 0 atom stereocenters. The highest BCUT2D eigenvalue weighted by Crippen LogP contribution is 2.33. The molecule has 6 nitrogen and oxygen atoms in total. The number of aromatic nitrogens is 2. The van der Waals surface area contributed by atoms with Crippen molar-refractivity contribution in [3.63, 3.8) is 0 Å². The molecule has 172 valence electrons. The fourth-order valence-electron chi connectivity index (χ4n) is 4.34. The maximum absolute atomic E-state index is 12.6. The Morgan fingerprint density at radius 2 is 1.00 bits per heavy atom. The summed E-state index contributed by atoms with van der Waals surface area (Å²) in [7, 11) is 0. The van der Waals surface area contributed by atoms with Gasteiger partial charge in [-0.25, -0.2) is 9.59 Å². The number of esters is 2. The summed E-state index contributed by atoms with van der Waals surface area (Å²) in [5.41, 5.74) is 1.42. The van der Waals surface area contributed by atoms with Crippen LogP contribution in [-0.4, -0.2) is 21.9 Å². The van der Waals surface area contributed by atoms with Crippen molar-refractivity contribution in [2.24, 2.45) is 0 Å². The van der Waals surface area contributed by atoms with Gasteiger partial charge in [-0.3, -0.25) is 9.97 Å². The SMILES string of the molecule is O=C(/C=C/C(=O)Oc1cccc2ncc3ccccc3c12)Oc1cccc2ncc3ccccc3c12.